The van der Waals surface area contributed by atoms with Gasteiger partial charge >= 0.3 is 0 Å². The van der Waals surface area contributed by atoms with E-state index in [-0.39, 0.29) is 0 Å². The van der Waals surface area contributed by atoms with Crippen LogP contribution in [0.1, 0.15) is 29.2 Å². The third-order valence-corrected chi connectivity index (χ3v) is 3.87. The minimum Gasteiger partial charge on any atom is -0.398 e. The number of benzene rings is 2. The molecule has 0 saturated carbocycles. The van der Waals surface area contributed by atoms with E-state index in [9.17, 15) is 0 Å². The number of aryl methyl sites for hydroxylation is 1. The van der Waals surface area contributed by atoms with Crippen molar-refractivity contribution in [3.8, 4) is 0 Å². The van der Waals surface area contributed by atoms with Gasteiger partial charge in [0.05, 0.1) is 0 Å². The molecule has 2 aromatic carbocycles. The third-order valence-electron chi connectivity index (χ3n) is 3.87. The molecule has 1 heteroatoms. The highest BCUT2D eigenvalue weighted by molar-refractivity contribution is 6.20. The first-order chi connectivity index (χ1) is 9.09. The number of rotatable bonds is 1. The molecule has 0 aromatic heterocycles. The van der Waals surface area contributed by atoms with Crippen LogP contribution in [0.5, 0.6) is 0 Å². The lowest BCUT2D eigenvalue weighted by Gasteiger charge is -2.07. The molecule has 0 amide bonds. The summed E-state index contributed by atoms with van der Waals surface area (Å²) in [7, 11) is 0. The van der Waals surface area contributed by atoms with E-state index >= 15 is 0 Å². The van der Waals surface area contributed by atoms with Crippen molar-refractivity contribution >= 4 is 22.4 Å². The SMILES string of the molecule is C=C1C(c2ccccc2)=C(C)c2cc(C)c(N)cc21. The fraction of sp³-hybridized carbons (Fsp3) is 0.111. The van der Waals surface area contributed by atoms with Gasteiger partial charge in [-0.25, -0.2) is 0 Å². The Morgan fingerprint density at radius 3 is 2.32 bits per heavy atom. The molecule has 0 radical (unpaired) electrons. The first kappa shape index (κ1) is 11.8. The van der Waals surface area contributed by atoms with E-state index in [0.29, 0.717) is 0 Å². The van der Waals surface area contributed by atoms with E-state index in [1.807, 2.05) is 19.1 Å². The van der Waals surface area contributed by atoms with Crippen LogP contribution < -0.4 is 5.73 Å². The number of hydrogen-bond acceptors (Lipinski definition) is 1. The van der Waals surface area contributed by atoms with Crippen molar-refractivity contribution in [1.29, 1.82) is 0 Å². The standard InChI is InChI=1S/C18H17N/c1-11-9-15-12(2)18(14-7-5-4-6-8-14)13(3)16(15)10-17(11)19/h4-10H,3,19H2,1-2H3. The lowest BCUT2D eigenvalue weighted by Crippen LogP contribution is -1.93. The molecule has 0 heterocycles. The van der Waals surface area contributed by atoms with E-state index in [2.05, 4.69) is 43.8 Å². The summed E-state index contributed by atoms with van der Waals surface area (Å²) in [5, 5.41) is 0. The summed E-state index contributed by atoms with van der Waals surface area (Å²) in [6.07, 6.45) is 0. The largest absolute Gasteiger partial charge is 0.398 e. The molecular formula is C18H17N. The zero-order valence-electron chi connectivity index (χ0n) is 11.3. The number of nitrogen functional groups attached to an aromatic ring is 1. The Bertz CT molecular complexity index is 706. The summed E-state index contributed by atoms with van der Waals surface area (Å²) in [5.74, 6) is 0. The molecule has 94 valence electrons. The normalized spacial score (nSPS) is 13.9. The topological polar surface area (TPSA) is 26.0 Å². The van der Waals surface area contributed by atoms with E-state index in [1.54, 1.807) is 0 Å². The summed E-state index contributed by atoms with van der Waals surface area (Å²) in [4.78, 5) is 0. The molecule has 0 unspecified atom stereocenters. The van der Waals surface area contributed by atoms with Gasteiger partial charge in [-0.2, -0.15) is 0 Å². The Hall–Kier alpha value is -2.28. The molecule has 1 nitrogen and oxygen atoms in total. The molecule has 19 heavy (non-hydrogen) atoms. The number of anilines is 1. The van der Waals surface area contributed by atoms with Gasteiger partial charge in [-0.15, -0.1) is 0 Å². The van der Waals surface area contributed by atoms with Gasteiger partial charge in [0, 0.05) is 5.69 Å². The number of allylic oxidation sites excluding steroid dienone is 3. The minimum absolute atomic E-state index is 0.835. The molecule has 2 aromatic rings. The minimum atomic E-state index is 0.835. The van der Waals surface area contributed by atoms with Crippen molar-refractivity contribution in [2.24, 2.45) is 0 Å². The molecular weight excluding hydrogens is 230 g/mol. The smallest absolute Gasteiger partial charge is 0.0350 e. The van der Waals surface area contributed by atoms with Gasteiger partial charge < -0.3 is 5.73 Å². The average Bonchev–Trinajstić information content (AvgIpc) is 2.64. The molecule has 0 saturated heterocycles. The van der Waals surface area contributed by atoms with Crippen LogP contribution in [0.4, 0.5) is 5.69 Å². The first-order valence-corrected chi connectivity index (χ1v) is 6.46. The second-order valence-electron chi connectivity index (χ2n) is 5.10. The van der Waals surface area contributed by atoms with Crippen molar-refractivity contribution in [3.63, 3.8) is 0 Å². The maximum Gasteiger partial charge on any atom is 0.0350 e. The van der Waals surface area contributed by atoms with Gasteiger partial charge in [-0.1, -0.05) is 36.9 Å². The second-order valence-corrected chi connectivity index (χ2v) is 5.10. The summed E-state index contributed by atoms with van der Waals surface area (Å²) < 4.78 is 0. The van der Waals surface area contributed by atoms with Crippen molar-refractivity contribution in [2.45, 2.75) is 13.8 Å². The molecule has 0 bridgehead atoms. The zero-order valence-corrected chi connectivity index (χ0v) is 11.3. The van der Waals surface area contributed by atoms with Crippen molar-refractivity contribution < 1.29 is 0 Å². The second kappa shape index (κ2) is 4.13. The van der Waals surface area contributed by atoms with Crippen molar-refractivity contribution in [3.05, 3.63) is 71.3 Å². The summed E-state index contributed by atoms with van der Waals surface area (Å²) in [5.41, 5.74) is 15.2. The van der Waals surface area contributed by atoms with Gasteiger partial charge in [0.2, 0.25) is 0 Å². The highest BCUT2D eigenvalue weighted by Gasteiger charge is 2.23. The molecule has 3 rings (SSSR count). The number of hydrogen-bond donors (Lipinski definition) is 1. The van der Waals surface area contributed by atoms with Crippen LogP contribution in [0.25, 0.3) is 16.7 Å². The zero-order chi connectivity index (χ0) is 13.6. The highest BCUT2D eigenvalue weighted by atomic mass is 14.6. The van der Waals surface area contributed by atoms with Gasteiger partial charge in [-0.3, -0.25) is 0 Å². The van der Waals surface area contributed by atoms with Gasteiger partial charge in [0.15, 0.2) is 0 Å². The van der Waals surface area contributed by atoms with Crippen LogP contribution in [0, 0.1) is 6.92 Å². The Morgan fingerprint density at radius 1 is 0.947 bits per heavy atom. The van der Waals surface area contributed by atoms with Gasteiger partial charge in [0.1, 0.15) is 0 Å². The maximum absolute atomic E-state index is 6.03. The van der Waals surface area contributed by atoms with Crippen LogP contribution in [0.2, 0.25) is 0 Å². The van der Waals surface area contributed by atoms with Gasteiger partial charge in [0.25, 0.3) is 0 Å². The molecule has 0 fully saturated rings. The highest BCUT2D eigenvalue weighted by Crippen LogP contribution is 2.46. The molecule has 2 N–H and O–H groups in total. The lowest BCUT2D eigenvalue weighted by molar-refractivity contribution is 1.43. The van der Waals surface area contributed by atoms with Crippen LogP contribution in [0.3, 0.4) is 0 Å². The maximum atomic E-state index is 6.03. The first-order valence-electron chi connectivity index (χ1n) is 6.46. The summed E-state index contributed by atoms with van der Waals surface area (Å²) >= 11 is 0. The number of fused-ring (bicyclic) bond motifs is 1. The van der Waals surface area contributed by atoms with E-state index < -0.39 is 0 Å². The predicted octanol–water partition coefficient (Wildman–Crippen LogP) is 4.53. The van der Waals surface area contributed by atoms with Crippen molar-refractivity contribution in [1.82, 2.24) is 0 Å². The monoisotopic (exact) mass is 247 g/mol. The Morgan fingerprint density at radius 2 is 1.63 bits per heavy atom. The fourth-order valence-corrected chi connectivity index (χ4v) is 2.78. The average molecular weight is 247 g/mol. The fourth-order valence-electron chi connectivity index (χ4n) is 2.78. The number of nitrogens with two attached hydrogens (primary N) is 1. The summed E-state index contributed by atoms with van der Waals surface area (Å²) in [6, 6.07) is 14.6. The van der Waals surface area contributed by atoms with E-state index in [0.717, 1.165) is 16.8 Å². The van der Waals surface area contributed by atoms with E-state index in [4.69, 9.17) is 5.73 Å². The quantitative estimate of drug-likeness (QED) is 0.736. The Labute approximate surface area is 114 Å². The molecule has 0 aliphatic heterocycles. The van der Waals surface area contributed by atoms with Gasteiger partial charge in [-0.05, 0) is 65.0 Å². The lowest BCUT2D eigenvalue weighted by atomic mass is 9.98. The predicted molar refractivity (Wildman–Crippen MR) is 83.6 cm³/mol. The van der Waals surface area contributed by atoms with Crippen LogP contribution >= 0.6 is 0 Å². The Kier molecular flexibility index (Phi) is 2.56. The summed E-state index contributed by atoms with van der Waals surface area (Å²) in [6.45, 7) is 8.47. The van der Waals surface area contributed by atoms with Crippen LogP contribution in [-0.2, 0) is 0 Å². The van der Waals surface area contributed by atoms with Crippen LogP contribution in [-0.4, -0.2) is 0 Å². The van der Waals surface area contributed by atoms with Crippen molar-refractivity contribution in [2.75, 3.05) is 5.73 Å². The molecule has 0 atom stereocenters. The molecule has 1 aliphatic carbocycles. The molecule has 1 aliphatic rings. The Balaban J connectivity index is 2.23. The third kappa shape index (κ3) is 1.70. The van der Waals surface area contributed by atoms with Crippen LogP contribution in [0.15, 0.2) is 49.0 Å². The van der Waals surface area contributed by atoms with E-state index in [1.165, 1.54) is 27.8 Å². The molecule has 0 spiro atoms.